The summed E-state index contributed by atoms with van der Waals surface area (Å²) in [5.74, 6) is -0.503. The molecule has 0 spiro atoms. The van der Waals surface area contributed by atoms with Crippen LogP contribution in [-0.2, 0) is 4.79 Å². The predicted molar refractivity (Wildman–Crippen MR) is 35.0 cm³/mol. The molecule has 0 unspecified atom stereocenters. The van der Waals surface area contributed by atoms with Crippen molar-refractivity contribution in [2.24, 2.45) is 11.5 Å². The number of thioether (sulfide) groups is 1. The molecule has 0 aliphatic carbocycles. The van der Waals surface area contributed by atoms with E-state index in [-0.39, 0.29) is 0 Å². The summed E-state index contributed by atoms with van der Waals surface area (Å²) in [5, 5.41) is 0.442. The zero-order valence-electron chi connectivity index (χ0n) is 4.55. The second-order valence-corrected chi connectivity index (χ2v) is 2.03. The molecule has 1 amide bonds. The number of rotatable bonds is 2. The lowest BCUT2D eigenvalue weighted by Crippen LogP contribution is -2.08. The van der Waals surface area contributed by atoms with Gasteiger partial charge in [0.15, 0.2) is 0 Å². The number of primary amides is 1. The third kappa shape index (κ3) is 3.55. The van der Waals surface area contributed by atoms with Crippen molar-refractivity contribution in [2.45, 2.75) is 0 Å². The maximum absolute atomic E-state index is 10.0. The Balaban J connectivity index is 3.75. The van der Waals surface area contributed by atoms with Crippen molar-refractivity contribution in [3.05, 3.63) is 11.1 Å². The SMILES string of the molecule is CSC(N)=CC(N)=O. The van der Waals surface area contributed by atoms with Gasteiger partial charge in [0, 0.05) is 6.08 Å². The van der Waals surface area contributed by atoms with Crippen LogP contribution in [0.5, 0.6) is 0 Å². The quantitative estimate of drug-likeness (QED) is 0.504. The second-order valence-electron chi connectivity index (χ2n) is 1.15. The van der Waals surface area contributed by atoms with Gasteiger partial charge in [0.05, 0.1) is 5.03 Å². The van der Waals surface area contributed by atoms with E-state index in [1.807, 2.05) is 0 Å². The Bertz CT molecular complexity index is 121. The van der Waals surface area contributed by atoms with E-state index in [0.29, 0.717) is 5.03 Å². The number of amides is 1. The Morgan fingerprint density at radius 1 is 1.62 bits per heavy atom. The fraction of sp³-hybridized carbons (Fsp3) is 0.250. The predicted octanol–water partition coefficient (Wildman–Crippen LogP) is -0.365. The summed E-state index contributed by atoms with van der Waals surface area (Å²) in [6.07, 6.45) is 2.96. The number of carbonyl (C=O) groups is 1. The largest absolute Gasteiger partial charge is 0.393 e. The third-order valence-electron chi connectivity index (χ3n) is 0.520. The van der Waals surface area contributed by atoms with Crippen molar-refractivity contribution in [3.8, 4) is 0 Å². The Hall–Kier alpha value is -0.640. The Morgan fingerprint density at radius 2 is 2.12 bits per heavy atom. The maximum Gasteiger partial charge on any atom is 0.244 e. The van der Waals surface area contributed by atoms with E-state index in [9.17, 15) is 4.79 Å². The third-order valence-corrected chi connectivity index (χ3v) is 1.11. The number of hydrogen-bond donors (Lipinski definition) is 2. The maximum atomic E-state index is 10.0. The van der Waals surface area contributed by atoms with Crippen molar-refractivity contribution in [2.75, 3.05) is 6.26 Å². The molecule has 0 heterocycles. The van der Waals surface area contributed by atoms with E-state index in [0.717, 1.165) is 0 Å². The van der Waals surface area contributed by atoms with Crippen molar-refractivity contribution in [3.63, 3.8) is 0 Å². The molecular weight excluding hydrogens is 124 g/mol. The minimum atomic E-state index is -0.503. The molecule has 0 atom stereocenters. The molecule has 4 heteroatoms. The number of carbonyl (C=O) groups excluding carboxylic acids is 1. The molecule has 0 bridgehead atoms. The highest BCUT2D eigenvalue weighted by Crippen LogP contribution is 2.00. The summed E-state index contributed by atoms with van der Waals surface area (Å²) < 4.78 is 0. The van der Waals surface area contributed by atoms with Gasteiger partial charge in [0.25, 0.3) is 0 Å². The first-order chi connectivity index (χ1) is 3.66. The molecule has 0 rings (SSSR count). The molecule has 0 aromatic carbocycles. The smallest absolute Gasteiger partial charge is 0.244 e. The summed E-state index contributed by atoms with van der Waals surface area (Å²) in [7, 11) is 0. The lowest BCUT2D eigenvalue weighted by molar-refractivity contribution is -0.113. The highest BCUT2D eigenvalue weighted by atomic mass is 32.2. The molecule has 0 saturated carbocycles. The van der Waals surface area contributed by atoms with Crippen LogP contribution < -0.4 is 11.5 Å². The van der Waals surface area contributed by atoms with Crippen LogP contribution in [0, 0.1) is 0 Å². The zero-order chi connectivity index (χ0) is 6.57. The Labute approximate surface area is 52.1 Å². The van der Waals surface area contributed by atoms with E-state index in [2.05, 4.69) is 0 Å². The second kappa shape index (κ2) is 3.37. The van der Waals surface area contributed by atoms with Gasteiger partial charge < -0.3 is 11.5 Å². The van der Waals surface area contributed by atoms with E-state index in [1.165, 1.54) is 17.8 Å². The fourth-order valence-electron chi connectivity index (χ4n) is 0.199. The van der Waals surface area contributed by atoms with Gasteiger partial charge in [-0.3, -0.25) is 4.79 Å². The van der Waals surface area contributed by atoms with Crippen LogP contribution in [0.2, 0.25) is 0 Å². The van der Waals surface area contributed by atoms with Crippen molar-refractivity contribution in [1.82, 2.24) is 0 Å². The highest BCUT2D eigenvalue weighted by molar-refractivity contribution is 8.02. The summed E-state index contributed by atoms with van der Waals surface area (Å²) in [5.41, 5.74) is 9.96. The fourth-order valence-corrected chi connectivity index (χ4v) is 0.433. The van der Waals surface area contributed by atoms with Gasteiger partial charge in [-0.1, -0.05) is 0 Å². The summed E-state index contributed by atoms with van der Waals surface area (Å²) in [6, 6.07) is 0. The molecule has 0 radical (unpaired) electrons. The first-order valence-electron chi connectivity index (χ1n) is 1.97. The topological polar surface area (TPSA) is 69.1 Å². The van der Waals surface area contributed by atoms with Gasteiger partial charge in [-0.05, 0) is 6.26 Å². The average Bonchev–Trinajstić information content (AvgIpc) is 1.65. The van der Waals surface area contributed by atoms with Crippen LogP contribution >= 0.6 is 11.8 Å². The molecular formula is C4H8N2OS. The molecule has 0 fully saturated rings. The van der Waals surface area contributed by atoms with Gasteiger partial charge in [-0.25, -0.2) is 0 Å². The van der Waals surface area contributed by atoms with Crippen molar-refractivity contribution < 1.29 is 4.79 Å². The van der Waals surface area contributed by atoms with E-state index in [1.54, 1.807) is 6.26 Å². The minimum absolute atomic E-state index is 0.442. The summed E-state index contributed by atoms with van der Waals surface area (Å²) in [6.45, 7) is 0. The molecule has 0 aromatic rings. The van der Waals surface area contributed by atoms with Gasteiger partial charge in [0.1, 0.15) is 0 Å². The molecule has 8 heavy (non-hydrogen) atoms. The van der Waals surface area contributed by atoms with Gasteiger partial charge in [0.2, 0.25) is 5.91 Å². The van der Waals surface area contributed by atoms with Crippen LogP contribution in [0.4, 0.5) is 0 Å². The van der Waals surface area contributed by atoms with Crippen LogP contribution in [0.15, 0.2) is 11.1 Å². The normalized spacial score (nSPS) is 11.4. The molecule has 0 aromatic heterocycles. The van der Waals surface area contributed by atoms with E-state index >= 15 is 0 Å². The molecule has 0 aliphatic rings. The summed E-state index contributed by atoms with van der Waals surface area (Å²) >= 11 is 1.29. The van der Waals surface area contributed by atoms with Crippen LogP contribution in [0.3, 0.4) is 0 Å². The Morgan fingerprint density at radius 3 is 2.25 bits per heavy atom. The lowest BCUT2D eigenvalue weighted by atomic mass is 10.6. The van der Waals surface area contributed by atoms with E-state index in [4.69, 9.17) is 11.5 Å². The Kier molecular flexibility index (Phi) is 3.10. The highest BCUT2D eigenvalue weighted by Gasteiger charge is 1.87. The van der Waals surface area contributed by atoms with Crippen LogP contribution in [0.1, 0.15) is 0 Å². The molecule has 4 N–H and O–H groups in total. The number of hydrogen-bond acceptors (Lipinski definition) is 3. The molecule has 0 saturated heterocycles. The van der Waals surface area contributed by atoms with Gasteiger partial charge >= 0.3 is 0 Å². The van der Waals surface area contributed by atoms with Crippen molar-refractivity contribution >= 4 is 17.7 Å². The molecule has 3 nitrogen and oxygen atoms in total. The van der Waals surface area contributed by atoms with Crippen LogP contribution in [0.25, 0.3) is 0 Å². The average molecular weight is 132 g/mol. The van der Waals surface area contributed by atoms with Gasteiger partial charge in [-0.2, -0.15) is 0 Å². The standard InChI is InChI=1S/C4H8N2OS/c1-8-4(6)2-3(5)7/h2H,6H2,1H3,(H2,5,7). The van der Waals surface area contributed by atoms with E-state index < -0.39 is 5.91 Å². The first kappa shape index (κ1) is 7.36. The molecule has 0 aliphatic heterocycles. The molecule has 46 valence electrons. The number of nitrogens with two attached hydrogens (primary N) is 2. The monoisotopic (exact) mass is 132 g/mol. The zero-order valence-corrected chi connectivity index (χ0v) is 5.37. The van der Waals surface area contributed by atoms with Gasteiger partial charge in [-0.15, -0.1) is 11.8 Å². The first-order valence-corrected chi connectivity index (χ1v) is 3.20. The minimum Gasteiger partial charge on any atom is -0.393 e. The summed E-state index contributed by atoms with van der Waals surface area (Å²) in [4.78, 5) is 10.0. The van der Waals surface area contributed by atoms with Crippen LogP contribution in [-0.4, -0.2) is 12.2 Å². The van der Waals surface area contributed by atoms with Crippen molar-refractivity contribution in [1.29, 1.82) is 0 Å². The lowest BCUT2D eigenvalue weighted by Gasteiger charge is -1.88.